The molecule has 0 fully saturated rings. The second-order valence-corrected chi connectivity index (χ2v) is 4.35. The Morgan fingerprint density at radius 1 is 1.47 bits per heavy atom. The van der Waals surface area contributed by atoms with Crippen LogP contribution in [0.3, 0.4) is 0 Å². The van der Waals surface area contributed by atoms with Gasteiger partial charge in [0, 0.05) is 37.2 Å². The molecule has 0 bridgehead atoms. The smallest absolute Gasteiger partial charge is 0.106 e. The second-order valence-electron chi connectivity index (χ2n) is 4.35. The summed E-state index contributed by atoms with van der Waals surface area (Å²) in [6, 6.07) is 0.170. The Hall–Kier alpha value is -1.62. The number of nitrogens with two attached hydrogens (primary N) is 1. The van der Waals surface area contributed by atoms with Crippen molar-refractivity contribution in [2.45, 2.75) is 32.4 Å². The topological polar surface area (TPSA) is 61.7 Å². The van der Waals surface area contributed by atoms with Crippen molar-refractivity contribution in [2.24, 2.45) is 12.8 Å². The van der Waals surface area contributed by atoms with Gasteiger partial charge in [-0.15, -0.1) is 0 Å². The number of aromatic nitrogens is 4. The first-order chi connectivity index (χ1) is 8.13. The van der Waals surface area contributed by atoms with Gasteiger partial charge in [0.2, 0.25) is 0 Å². The van der Waals surface area contributed by atoms with Crippen LogP contribution in [0.25, 0.3) is 0 Å². The van der Waals surface area contributed by atoms with Gasteiger partial charge in [0.1, 0.15) is 5.82 Å². The molecule has 17 heavy (non-hydrogen) atoms. The number of nitrogens with zero attached hydrogens (tertiary/aromatic N) is 4. The third-order valence-electron chi connectivity index (χ3n) is 3.11. The summed E-state index contributed by atoms with van der Waals surface area (Å²) in [6.07, 6.45) is 8.58. The molecule has 2 aromatic heterocycles. The summed E-state index contributed by atoms with van der Waals surface area (Å²) >= 11 is 0. The van der Waals surface area contributed by atoms with E-state index in [1.54, 1.807) is 10.9 Å². The molecule has 2 unspecified atom stereocenters. The summed E-state index contributed by atoms with van der Waals surface area (Å²) in [6.45, 7) is 4.09. The van der Waals surface area contributed by atoms with E-state index in [9.17, 15) is 0 Å². The van der Waals surface area contributed by atoms with Gasteiger partial charge in [-0.25, -0.2) is 4.98 Å². The highest BCUT2D eigenvalue weighted by atomic mass is 15.2. The molecule has 0 radical (unpaired) electrons. The molecule has 2 rings (SSSR count). The number of aryl methyl sites for hydroxylation is 2. The number of hydrogen-bond acceptors (Lipinski definition) is 3. The van der Waals surface area contributed by atoms with E-state index < -0.39 is 0 Å². The van der Waals surface area contributed by atoms with Gasteiger partial charge in [0.15, 0.2) is 0 Å². The van der Waals surface area contributed by atoms with E-state index in [0.29, 0.717) is 0 Å². The Labute approximate surface area is 101 Å². The third-order valence-corrected chi connectivity index (χ3v) is 3.11. The fraction of sp³-hybridized carbons (Fsp3) is 0.500. The first kappa shape index (κ1) is 11.9. The predicted molar refractivity (Wildman–Crippen MR) is 66.6 cm³/mol. The largest absolute Gasteiger partial charge is 0.326 e. The molecule has 2 aromatic rings. The SMILES string of the molecule is CCC(N)C(c1cnn(C)c1)n1ccnc1C. The normalized spacial score (nSPS) is 14.8. The molecule has 0 aliphatic heterocycles. The molecule has 0 aliphatic rings. The van der Waals surface area contributed by atoms with Crippen molar-refractivity contribution in [1.82, 2.24) is 19.3 Å². The van der Waals surface area contributed by atoms with Gasteiger partial charge < -0.3 is 10.3 Å². The minimum atomic E-state index is 0.0621. The van der Waals surface area contributed by atoms with E-state index in [2.05, 4.69) is 21.6 Å². The number of rotatable bonds is 4. The molecule has 0 saturated carbocycles. The zero-order valence-electron chi connectivity index (χ0n) is 10.5. The van der Waals surface area contributed by atoms with Gasteiger partial charge in [0.25, 0.3) is 0 Å². The maximum absolute atomic E-state index is 6.23. The van der Waals surface area contributed by atoms with Crippen LogP contribution in [0.15, 0.2) is 24.8 Å². The lowest BCUT2D eigenvalue weighted by atomic mass is 10.0. The first-order valence-electron chi connectivity index (χ1n) is 5.87. The lowest BCUT2D eigenvalue weighted by Crippen LogP contribution is -2.32. The van der Waals surface area contributed by atoms with Gasteiger partial charge in [-0.1, -0.05) is 6.92 Å². The first-order valence-corrected chi connectivity index (χ1v) is 5.87. The van der Waals surface area contributed by atoms with E-state index in [1.807, 2.05) is 32.6 Å². The van der Waals surface area contributed by atoms with E-state index in [0.717, 1.165) is 17.8 Å². The van der Waals surface area contributed by atoms with Crippen molar-refractivity contribution in [3.8, 4) is 0 Å². The van der Waals surface area contributed by atoms with Crippen molar-refractivity contribution in [3.05, 3.63) is 36.2 Å². The highest BCUT2D eigenvalue weighted by molar-refractivity contribution is 5.16. The predicted octanol–water partition coefficient (Wildman–Crippen LogP) is 1.25. The van der Waals surface area contributed by atoms with Crippen LogP contribution in [0.2, 0.25) is 0 Å². The lowest BCUT2D eigenvalue weighted by Gasteiger charge is -2.24. The Morgan fingerprint density at radius 3 is 2.71 bits per heavy atom. The van der Waals surface area contributed by atoms with Crippen LogP contribution in [0, 0.1) is 6.92 Å². The maximum Gasteiger partial charge on any atom is 0.106 e. The van der Waals surface area contributed by atoms with Crippen LogP contribution >= 0.6 is 0 Å². The van der Waals surface area contributed by atoms with Crippen LogP contribution in [0.5, 0.6) is 0 Å². The minimum Gasteiger partial charge on any atom is -0.326 e. The number of imidazole rings is 1. The molecule has 92 valence electrons. The Kier molecular flexibility index (Phi) is 3.28. The molecular weight excluding hydrogens is 214 g/mol. The summed E-state index contributed by atoms with van der Waals surface area (Å²) in [5.41, 5.74) is 7.36. The van der Waals surface area contributed by atoms with Gasteiger partial charge >= 0.3 is 0 Å². The summed E-state index contributed by atoms with van der Waals surface area (Å²) < 4.78 is 3.92. The Balaban J connectivity index is 2.42. The average molecular weight is 233 g/mol. The van der Waals surface area contributed by atoms with Gasteiger partial charge in [0.05, 0.1) is 12.2 Å². The molecule has 5 heteroatoms. The molecular formula is C12H19N5. The summed E-state index contributed by atoms with van der Waals surface area (Å²) in [5.74, 6) is 0.975. The van der Waals surface area contributed by atoms with Crippen molar-refractivity contribution >= 4 is 0 Å². The van der Waals surface area contributed by atoms with Crippen LogP contribution in [-0.2, 0) is 7.05 Å². The minimum absolute atomic E-state index is 0.0621. The zero-order valence-corrected chi connectivity index (χ0v) is 10.5. The molecule has 0 spiro atoms. The van der Waals surface area contributed by atoms with Crippen LogP contribution in [-0.4, -0.2) is 25.4 Å². The third kappa shape index (κ3) is 2.24. The van der Waals surface area contributed by atoms with Crippen molar-refractivity contribution in [2.75, 3.05) is 0 Å². The van der Waals surface area contributed by atoms with Gasteiger partial charge in [-0.3, -0.25) is 4.68 Å². The zero-order chi connectivity index (χ0) is 12.4. The molecule has 2 N–H and O–H groups in total. The monoisotopic (exact) mass is 233 g/mol. The number of hydrogen-bond donors (Lipinski definition) is 1. The van der Waals surface area contributed by atoms with Gasteiger partial charge in [-0.05, 0) is 13.3 Å². The van der Waals surface area contributed by atoms with E-state index >= 15 is 0 Å². The van der Waals surface area contributed by atoms with Crippen molar-refractivity contribution in [3.63, 3.8) is 0 Å². The summed E-state index contributed by atoms with van der Waals surface area (Å²) in [7, 11) is 1.92. The quantitative estimate of drug-likeness (QED) is 0.864. The molecule has 2 atom stereocenters. The Bertz CT molecular complexity index is 485. The Morgan fingerprint density at radius 2 is 2.24 bits per heavy atom. The van der Waals surface area contributed by atoms with E-state index in [1.165, 1.54) is 0 Å². The average Bonchev–Trinajstić information content (AvgIpc) is 2.90. The summed E-state index contributed by atoms with van der Waals surface area (Å²) in [5, 5.41) is 4.22. The van der Waals surface area contributed by atoms with Crippen LogP contribution in [0.1, 0.15) is 30.8 Å². The maximum atomic E-state index is 6.23. The molecule has 0 amide bonds. The molecule has 0 aromatic carbocycles. The molecule has 2 heterocycles. The standard InChI is InChI=1S/C12H19N5/c1-4-11(13)12(10-7-15-16(3)8-10)17-6-5-14-9(17)2/h5-8,11-12H,4,13H2,1-3H3. The van der Waals surface area contributed by atoms with Crippen molar-refractivity contribution in [1.29, 1.82) is 0 Å². The highest BCUT2D eigenvalue weighted by Crippen LogP contribution is 2.23. The molecule has 5 nitrogen and oxygen atoms in total. The van der Waals surface area contributed by atoms with Gasteiger partial charge in [-0.2, -0.15) is 5.10 Å². The van der Waals surface area contributed by atoms with E-state index in [4.69, 9.17) is 5.73 Å². The molecule has 0 aliphatic carbocycles. The fourth-order valence-electron chi connectivity index (χ4n) is 2.11. The summed E-state index contributed by atoms with van der Waals surface area (Å²) in [4.78, 5) is 4.27. The van der Waals surface area contributed by atoms with Crippen LogP contribution in [0.4, 0.5) is 0 Å². The second kappa shape index (κ2) is 4.71. The highest BCUT2D eigenvalue weighted by Gasteiger charge is 2.22. The van der Waals surface area contributed by atoms with Crippen molar-refractivity contribution < 1.29 is 0 Å². The van der Waals surface area contributed by atoms with E-state index in [-0.39, 0.29) is 12.1 Å². The lowest BCUT2D eigenvalue weighted by molar-refractivity contribution is 0.451. The molecule has 0 saturated heterocycles. The fourth-order valence-corrected chi connectivity index (χ4v) is 2.11. The van der Waals surface area contributed by atoms with Crippen LogP contribution < -0.4 is 5.73 Å².